The average Bonchev–Trinajstić information content (AvgIpc) is 2.65. The first kappa shape index (κ1) is 17.7. The Kier molecular flexibility index (Phi) is 4.12. The SMILES string of the molecule is Cc1cc2ccccc2c(-c2c(C(=O)O)c(C)cc3ccccc23)c1C(=O)O. The first-order chi connectivity index (χ1) is 13.4. The summed E-state index contributed by atoms with van der Waals surface area (Å²) < 4.78 is 0. The van der Waals surface area contributed by atoms with E-state index < -0.39 is 11.9 Å². The van der Waals surface area contributed by atoms with E-state index in [9.17, 15) is 19.8 Å². The van der Waals surface area contributed by atoms with Crippen molar-refractivity contribution in [2.75, 3.05) is 0 Å². The highest BCUT2D eigenvalue weighted by atomic mass is 16.4. The van der Waals surface area contributed by atoms with Crippen molar-refractivity contribution in [2.24, 2.45) is 0 Å². The number of hydrogen-bond acceptors (Lipinski definition) is 2. The summed E-state index contributed by atoms with van der Waals surface area (Å²) in [6.07, 6.45) is 0. The molecule has 0 aliphatic rings. The zero-order valence-corrected chi connectivity index (χ0v) is 15.5. The molecule has 28 heavy (non-hydrogen) atoms. The predicted molar refractivity (Wildman–Crippen MR) is 110 cm³/mol. The normalized spacial score (nSPS) is 11.1. The molecule has 0 amide bonds. The van der Waals surface area contributed by atoms with Gasteiger partial charge in [0.2, 0.25) is 0 Å². The molecule has 4 heteroatoms. The number of carboxylic acids is 2. The number of fused-ring (bicyclic) bond motifs is 2. The second kappa shape index (κ2) is 6.50. The standard InChI is InChI=1S/C24H18O4/c1-13-11-15-7-3-5-9-17(15)21(19(13)23(25)26)22-18-10-6-4-8-16(18)12-14(2)20(22)24(27)28/h3-12H,1-2H3,(H,25,26)(H,27,28). The lowest BCUT2D eigenvalue weighted by Crippen LogP contribution is -2.09. The molecule has 0 aliphatic heterocycles. The topological polar surface area (TPSA) is 74.6 Å². The maximum absolute atomic E-state index is 12.2. The Morgan fingerprint density at radius 1 is 0.643 bits per heavy atom. The molecule has 0 fully saturated rings. The minimum atomic E-state index is -1.07. The van der Waals surface area contributed by atoms with Crippen LogP contribution in [0.4, 0.5) is 0 Å². The summed E-state index contributed by atoms with van der Waals surface area (Å²) in [5.74, 6) is -2.14. The van der Waals surface area contributed by atoms with E-state index in [0.717, 1.165) is 21.5 Å². The minimum absolute atomic E-state index is 0.136. The Morgan fingerprint density at radius 3 is 1.36 bits per heavy atom. The largest absolute Gasteiger partial charge is 0.478 e. The molecule has 0 heterocycles. The fourth-order valence-electron chi connectivity index (χ4n) is 4.05. The van der Waals surface area contributed by atoms with Crippen LogP contribution in [0.25, 0.3) is 32.7 Å². The number of aryl methyl sites for hydroxylation is 2. The van der Waals surface area contributed by atoms with Crippen molar-refractivity contribution < 1.29 is 19.8 Å². The molecule has 138 valence electrons. The molecule has 0 spiro atoms. The van der Waals surface area contributed by atoms with E-state index in [1.807, 2.05) is 60.7 Å². The third-order valence-electron chi connectivity index (χ3n) is 5.17. The molecule has 0 atom stereocenters. The van der Waals surface area contributed by atoms with E-state index in [-0.39, 0.29) is 11.1 Å². The van der Waals surface area contributed by atoms with Crippen LogP contribution in [0.2, 0.25) is 0 Å². The summed E-state index contributed by atoms with van der Waals surface area (Å²) >= 11 is 0. The van der Waals surface area contributed by atoms with Crippen molar-refractivity contribution in [3.8, 4) is 11.1 Å². The molecule has 0 radical (unpaired) electrons. The van der Waals surface area contributed by atoms with Crippen LogP contribution < -0.4 is 0 Å². The molecule has 0 saturated heterocycles. The summed E-state index contributed by atoms with van der Waals surface area (Å²) in [6.45, 7) is 3.50. The van der Waals surface area contributed by atoms with E-state index in [1.165, 1.54) is 0 Å². The van der Waals surface area contributed by atoms with E-state index >= 15 is 0 Å². The van der Waals surface area contributed by atoms with Crippen molar-refractivity contribution in [1.29, 1.82) is 0 Å². The first-order valence-electron chi connectivity index (χ1n) is 8.91. The van der Waals surface area contributed by atoms with Gasteiger partial charge in [-0.05, 0) is 46.5 Å². The first-order valence-corrected chi connectivity index (χ1v) is 8.91. The number of benzene rings is 4. The van der Waals surface area contributed by atoms with Crippen molar-refractivity contribution >= 4 is 33.5 Å². The van der Waals surface area contributed by atoms with Gasteiger partial charge in [-0.1, -0.05) is 60.7 Å². The van der Waals surface area contributed by atoms with E-state index in [2.05, 4.69) is 0 Å². The number of hydrogen-bond donors (Lipinski definition) is 2. The Morgan fingerprint density at radius 2 is 1.00 bits per heavy atom. The third-order valence-corrected chi connectivity index (χ3v) is 5.17. The lowest BCUT2D eigenvalue weighted by molar-refractivity contribution is 0.0683. The van der Waals surface area contributed by atoms with Crippen LogP contribution in [-0.2, 0) is 0 Å². The van der Waals surface area contributed by atoms with Gasteiger partial charge in [0.15, 0.2) is 0 Å². The summed E-state index contributed by atoms with van der Waals surface area (Å²) in [6, 6.07) is 18.6. The maximum atomic E-state index is 12.2. The smallest absolute Gasteiger partial charge is 0.336 e. The summed E-state index contributed by atoms with van der Waals surface area (Å²) in [7, 11) is 0. The predicted octanol–water partition coefficient (Wildman–Crippen LogP) is 5.67. The van der Waals surface area contributed by atoms with Gasteiger partial charge in [0.05, 0.1) is 11.1 Å². The monoisotopic (exact) mass is 370 g/mol. The molecule has 4 aromatic rings. The molecule has 4 rings (SSSR count). The van der Waals surface area contributed by atoms with Crippen LogP contribution in [0.15, 0.2) is 60.7 Å². The molecule has 2 N–H and O–H groups in total. The molecular formula is C24H18O4. The van der Waals surface area contributed by atoms with Crippen LogP contribution in [0, 0.1) is 13.8 Å². The van der Waals surface area contributed by atoms with Crippen molar-refractivity contribution in [2.45, 2.75) is 13.8 Å². The third kappa shape index (κ3) is 2.62. The summed E-state index contributed by atoms with van der Waals surface area (Å²) in [4.78, 5) is 24.4. The number of carboxylic acid groups (broad SMARTS) is 2. The molecule has 0 unspecified atom stereocenters. The van der Waals surface area contributed by atoms with Gasteiger partial charge in [-0.3, -0.25) is 0 Å². The lowest BCUT2D eigenvalue weighted by atomic mass is 9.84. The van der Waals surface area contributed by atoms with Gasteiger partial charge in [-0.25, -0.2) is 9.59 Å². The van der Waals surface area contributed by atoms with E-state index in [0.29, 0.717) is 22.3 Å². The second-order valence-corrected chi connectivity index (χ2v) is 6.94. The number of aromatic carboxylic acids is 2. The molecule has 0 aliphatic carbocycles. The maximum Gasteiger partial charge on any atom is 0.336 e. The van der Waals surface area contributed by atoms with Gasteiger partial charge in [0.1, 0.15) is 0 Å². The van der Waals surface area contributed by atoms with Crippen molar-refractivity contribution in [3.05, 3.63) is 82.9 Å². The quantitative estimate of drug-likeness (QED) is 0.487. The van der Waals surface area contributed by atoms with Gasteiger partial charge in [-0.15, -0.1) is 0 Å². The molecule has 0 saturated carbocycles. The summed E-state index contributed by atoms with van der Waals surface area (Å²) in [5, 5.41) is 23.2. The lowest BCUT2D eigenvalue weighted by Gasteiger charge is -2.19. The molecular weight excluding hydrogens is 352 g/mol. The highest BCUT2D eigenvalue weighted by Gasteiger charge is 2.25. The highest BCUT2D eigenvalue weighted by Crippen LogP contribution is 2.41. The average molecular weight is 370 g/mol. The Bertz CT molecular complexity index is 1180. The van der Waals surface area contributed by atoms with Gasteiger partial charge in [0, 0.05) is 11.1 Å². The number of rotatable bonds is 3. The van der Waals surface area contributed by atoms with Crippen LogP contribution in [0.3, 0.4) is 0 Å². The zero-order chi connectivity index (χ0) is 20.0. The Balaban J connectivity index is 2.34. The van der Waals surface area contributed by atoms with Crippen molar-refractivity contribution in [3.63, 3.8) is 0 Å². The second-order valence-electron chi connectivity index (χ2n) is 6.94. The highest BCUT2D eigenvalue weighted by molar-refractivity contribution is 6.18. The van der Waals surface area contributed by atoms with Crippen molar-refractivity contribution in [1.82, 2.24) is 0 Å². The molecule has 4 nitrogen and oxygen atoms in total. The van der Waals surface area contributed by atoms with Crippen LogP contribution in [0.5, 0.6) is 0 Å². The minimum Gasteiger partial charge on any atom is -0.478 e. The summed E-state index contributed by atoms with van der Waals surface area (Å²) in [5.41, 5.74) is 2.39. The van der Waals surface area contributed by atoms with Gasteiger partial charge >= 0.3 is 11.9 Å². The van der Waals surface area contributed by atoms with Gasteiger partial charge in [0.25, 0.3) is 0 Å². The molecule has 0 aromatic heterocycles. The molecule has 4 aromatic carbocycles. The van der Waals surface area contributed by atoms with E-state index in [4.69, 9.17) is 0 Å². The van der Waals surface area contributed by atoms with E-state index in [1.54, 1.807) is 13.8 Å². The van der Waals surface area contributed by atoms with Gasteiger partial charge < -0.3 is 10.2 Å². The van der Waals surface area contributed by atoms with Gasteiger partial charge in [-0.2, -0.15) is 0 Å². The Hall–Kier alpha value is -3.66. The Labute approximate surface area is 161 Å². The fourth-order valence-corrected chi connectivity index (χ4v) is 4.05. The zero-order valence-electron chi connectivity index (χ0n) is 15.5. The fraction of sp³-hybridized carbons (Fsp3) is 0.0833. The van der Waals surface area contributed by atoms with Crippen LogP contribution >= 0.6 is 0 Å². The molecule has 0 bridgehead atoms. The van der Waals surface area contributed by atoms with Crippen LogP contribution in [0.1, 0.15) is 31.8 Å². The number of carbonyl (C=O) groups is 2. The van der Waals surface area contributed by atoms with Crippen LogP contribution in [-0.4, -0.2) is 22.2 Å².